The molecule has 0 atom stereocenters. The fourth-order valence-corrected chi connectivity index (χ4v) is 2.36. The maximum atomic E-state index is 13.1. The average Bonchev–Trinajstić information content (AvgIpc) is 2.49. The molecule has 0 unspecified atom stereocenters. The van der Waals surface area contributed by atoms with E-state index < -0.39 is 5.82 Å². The van der Waals surface area contributed by atoms with Crippen molar-refractivity contribution in [1.82, 2.24) is 0 Å². The highest BCUT2D eigenvalue weighted by atomic mass is 79.9. The predicted octanol–water partition coefficient (Wildman–Crippen LogP) is 5.06. The summed E-state index contributed by atoms with van der Waals surface area (Å²) in [5, 5.41) is 2.60. The highest BCUT2D eigenvalue weighted by molar-refractivity contribution is 9.10. The molecule has 0 radical (unpaired) electrons. The van der Waals surface area contributed by atoms with Crippen LogP contribution in [0, 0.1) is 5.82 Å². The SMILES string of the molecule is C=CCOc1ccc(C(=O)Nc2ccc(F)c(Cl)c2)cc1Br. The zero-order chi connectivity index (χ0) is 16.1. The number of anilines is 1. The van der Waals surface area contributed by atoms with Gasteiger partial charge in [-0.25, -0.2) is 4.39 Å². The molecule has 1 amide bonds. The second-order valence-electron chi connectivity index (χ2n) is 4.33. The minimum absolute atomic E-state index is 0.0489. The van der Waals surface area contributed by atoms with Crippen molar-refractivity contribution in [1.29, 1.82) is 0 Å². The van der Waals surface area contributed by atoms with Crippen LogP contribution in [0.5, 0.6) is 5.75 Å². The quantitative estimate of drug-likeness (QED) is 0.732. The molecule has 0 bridgehead atoms. The third kappa shape index (κ3) is 4.08. The molecule has 2 aromatic carbocycles. The number of carbonyl (C=O) groups is 1. The number of amides is 1. The van der Waals surface area contributed by atoms with Crippen molar-refractivity contribution in [2.24, 2.45) is 0 Å². The number of hydrogen-bond acceptors (Lipinski definition) is 2. The second-order valence-corrected chi connectivity index (χ2v) is 5.59. The number of carbonyl (C=O) groups excluding carboxylic acids is 1. The van der Waals surface area contributed by atoms with Crippen LogP contribution in [-0.2, 0) is 0 Å². The first-order chi connectivity index (χ1) is 10.5. The van der Waals surface area contributed by atoms with Gasteiger partial charge in [-0.1, -0.05) is 24.3 Å². The first-order valence-electron chi connectivity index (χ1n) is 6.31. The molecule has 0 spiro atoms. The van der Waals surface area contributed by atoms with Gasteiger partial charge in [-0.2, -0.15) is 0 Å². The van der Waals surface area contributed by atoms with E-state index in [1.807, 2.05) is 0 Å². The maximum absolute atomic E-state index is 13.1. The normalized spacial score (nSPS) is 10.1. The monoisotopic (exact) mass is 383 g/mol. The summed E-state index contributed by atoms with van der Waals surface area (Å²) >= 11 is 9.02. The fourth-order valence-electron chi connectivity index (χ4n) is 1.68. The van der Waals surface area contributed by atoms with Crippen LogP contribution in [0.25, 0.3) is 0 Å². The van der Waals surface area contributed by atoms with E-state index >= 15 is 0 Å². The number of benzene rings is 2. The molecule has 0 aliphatic carbocycles. The summed E-state index contributed by atoms with van der Waals surface area (Å²) in [7, 11) is 0. The maximum Gasteiger partial charge on any atom is 0.255 e. The second kappa shape index (κ2) is 7.42. The third-order valence-corrected chi connectivity index (χ3v) is 3.64. The molecule has 0 aliphatic heterocycles. The molecule has 1 N–H and O–H groups in total. The lowest BCUT2D eigenvalue weighted by atomic mass is 10.2. The Bertz CT molecular complexity index is 721. The first-order valence-corrected chi connectivity index (χ1v) is 7.48. The average molecular weight is 385 g/mol. The highest BCUT2D eigenvalue weighted by Crippen LogP contribution is 2.27. The first kappa shape index (κ1) is 16.5. The van der Waals surface area contributed by atoms with Crippen molar-refractivity contribution in [2.75, 3.05) is 11.9 Å². The van der Waals surface area contributed by atoms with E-state index in [1.54, 1.807) is 24.3 Å². The van der Waals surface area contributed by atoms with Crippen molar-refractivity contribution in [3.05, 3.63) is 69.9 Å². The molecule has 3 nitrogen and oxygen atoms in total. The summed E-state index contributed by atoms with van der Waals surface area (Å²) in [5.41, 5.74) is 0.845. The highest BCUT2D eigenvalue weighted by Gasteiger charge is 2.10. The number of hydrogen-bond donors (Lipinski definition) is 1. The summed E-state index contributed by atoms with van der Waals surface area (Å²) in [4.78, 5) is 12.2. The zero-order valence-electron chi connectivity index (χ0n) is 11.4. The van der Waals surface area contributed by atoms with E-state index in [4.69, 9.17) is 16.3 Å². The van der Waals surface area contributed by atoms with Gasteiger partial charge in [0.1, 0.15) is 18.2 Å². The van der Waals surface area contributed by atoms with Crippen molar-refractivity contribution < 1.29 is 13.9 Å². The predicted molar refractivity (Wildman–Crippen MR) is 89.2 cm³/mol. The lowest BCUT2D eigenvalue weighted by molar-refractivity contribution is 0.102. The van der Waals surface area contributed by atoms with Gasteiger partial charge in [-0.15, -0.1) is 0 Å². The molecule has 114 valence electrons. The molecular formula is C16H12BrClFNO2. The molecular weight excluding hydrogens is 373 g/mol. The Kier molecular flexibility index (Phi) is 5.57. The van der Waals surface area contributed by atoms with E-state index in [1.165, 1.54) is 18.2 Å². The zero-order valence-corrected chi connectivity index (χ0v) is 13.7. The van der Waals surface area contributed by atoms with Crippen molar-refractivity contribution >= 4 is 39.1 Å². The summed E-state index contributed by atoms with van der Waals surface area (Å²) in [6.07, 6.45) is 1.63. The third-order valence-electron chi connectivity index (χ3n) is 2.73. The number of rotatable bonds is 5. The van der Waals surface area contributed by atoms with Crippen LogP contribution in [0.1, 0.15) is 10.4 Å². The number of halogens is 3. The van der Waals surface area contributed by atoms with Gasteiger partial charge in [0, 0.05) is 11.3 Å². The summed E-state index contributed by atoms with van der Waals surface area (Å²) in [6, 6.07) is 8.93. The van der Waals surface area contributed by atoms with Crippen molar-refractivity contribution in [2.45, 2.75) is 0 Å². The standard InChI is InChI=1S/C16H12BrClFNO2/c1-2-7-22-15-6-3-10(8-12(15)17)16(21)20-11-4-5-14(19)13(18)9-11/h2-6,8-9H,1,7H2,(H,20,21). The van der Waals surface area contributed by atoms with Gasteiger partial charge in [0.15, 0.2) is 0 Å². The van der Waals surface area contributed by atoms with Gasteiger partial charge < -0.3 is 10.1 Å². The Morgan fingerprint density at radius 3 is 2.77 bits per heavy atom. The van der Waals surface area contributed by atoms with E-state index in [2.05, 4.69) is 27.8 Å². The van der Waals surface area contributed by atoms with Crippen LogP contribution in [0.4, 0.5) is 10.1 Å². The molecule has 0 heterocycles. The molecule has 22 heavy (non-hydrogen) atoms. The van der Waals surface area contributed by atoms with E-state index in [0.717, 1.165) is 0 Å². The van der Waals surface area contributed by atoms with Gasteiger partial charge in [0.25, 0.3) is 5.91 Å². The Hall–Kier alpha value is -1.85. The van der Waals surface area contributed by atoms with Crippen LogP contribution in [0.15, 0.2) is 53.5 Å². The van der Waals surface area contributed by atoms with Gasteiger partial charge in [-0.3, -0.25) is 4.79 Å². The molecule has 0 saturated heterocycles. The largest absolute Gasteiger partial charge is 0.488 e. The smallest absolute Gasteiger partial charge is 0.255 e. The minimum atomic E-state index is -0.536. The van der Waals surface area contributed by atoms with Gasteiger partial charge in [0.2, 0.25) is 0 Å². The number of ether oxygens (including phenoxy) is 1. The fraction of sp³-hybridized carbons (Fsp3) is 0.0625. The Morgan fingerprint density at radius 2 is 2.14 bits per heavy atom. The van der Waals surface area contributed by atoms with Crippen LogP contribution in [0.2, 0.25) is 5.02 Å². The van der Waals surface area contributed by atoms with Crippen LogP contribution in [0.3, 0.4) is 0 Å². The molecule has 0 saturated carbocycles. The molecule has 6 heteroatoms. The van der Waals surface area contributed by atoms with Crippen LogP contribution < -0.4 is 10.1 Å². The van der Waals surface area contributed by atoms with Gasteiger partial charge >= 0.3 is 0 Å². The lowest BCUT2D eigenvalue weighted by Crippen LogP contribution is -2.12. The molecule has 2 rings (SSSR count). The lowest BCUT2D eigenvalue weighted by Gasteiger charge is -2.09. The van der Waals surface area contributed by atoms with Gasteiger partial charge in [0.05, 0.1) is 9.50 Å². The molecule has 2 aromatic rings. The number of nitrogens with one attached hydrogen (secondary N) is 1. The van der Waals surface area contributed by atoms with Crippen molar-refractivity contribution in [3.63, 3.8) is 0 Å². The Balaban J connectivity index is 2.13. The van der Waals surface area contributed by atoms with Crippen LogP contribution in [-0.4, -0.2) is 12.5 Å². The minimum Gasteiger partial charge on any atom is -0.488 e. The Morgan fingerprint density at radius 1 is 1.36 bits per heavy atom. The summed E-state index contributed by atoms with van der Waals surface area (Å²) < 4.78 is 19.2. The Labute approximate surface area is 140 Å². The van der Waals surface area contributed by atoms with E-state index in [-0.39, 0.29) is 10.9 Å². The van der Waals surface area contributed by atoms with E-state index in [0.29, 0.717) is 28.1 Å². The van der Waals surface area contributed by atoms with E-state index in [9.17, 15) is 9.18 Å². The van der Waals surface area contributed by atoms with Crippen molar-refractivity contribution in [3.8, 4) is 5.75 Å². The summed E-state index contributed by atoms with van der Waals surface area (Å²) in [5.74, 6) is -0.258. The molecule has 0 aromatic heterocycles. The molecule has 0 fully saturated rings. The van der Waals surface area contributed by atoms with Crippen LogP contribution >= 0.6 is 27.5 Å². The summed E-state index contributed by atoms with van der Waals surface area (Å²) in [6.45, 7) is 3.94. The topological polar surface area (TPSA) is 38.3 Å². The molecule has 0 aliphatic rings. The van der Waals surface area contributed by atoms with Gasteiger partial charge in [-0.05, 0) is 52.3 Å².